The van der Waals surface area contributed by atoms with Gasteiger partial charge in [0.2, 0.25) is 5.91 Å². The maximum Gasteiger partial charge on any atom is 0.318 e. The lowest BCUT2D eigenvalue weighted by Gasteiger charge is -2.38. The summed E-state index contributed by atoms with van der Waals surface area (Å²) in [7, 11) is 0. The van der Waals surface area contributed by atoms with Crippen molar-refractivity contribution in [2.75, 3.05) is 19.6 Å². The van der Waals surface area contributed by atoms with Gasteiger partial charge in [-0.05, 0) is 39.5 Å². The van der Waals surface area contributed by atoms with Gasteiger partial charge in [0, 0.05) is 25.7 Å². The first-order valence-corrected chi connectivity index (χ1v) is 9.56. The molecule has 0 aromatic heterocycles. The normalized spacial score (nSPS) is 32.0. The molecule has 0 aromatic carbocycles. The second-order valence-corrected chi connectivity index (χ2v) is 7.64. The number of carbonyl (C=O) groups excluding carboxylic acids is 2. The Morgan fingerprint density at radius 2 is 1.62 bits per heavy atom. The lowest BCUT2D eigenvalue weighted by molar-refractivity contribution is -0.147. The zero-order valence-electron chi connectivity index (χ0n) is 15.0. The first-order valence-electron chi connectivity index (χ1n) is 9.56. The third kappa shape index (κ3) is 4.02. The Bertz CT molecular complexity index is 454. The maximum absolute atomic E-state index is 12.9. The van der Waals surface area contributed by atoms with Crippen LogP contribution < -0.4 is 5.32 Å². The molecule has 2 saturated heterocycles. The average molecular weight is 337 g/mol. The minimum atomic E-state index is -0.300. The van der Waals surface area contributed by atoms with Crippen molar-refractivity contribution < 1.29 is 14.3 Å². The summed E-state index contributed by atoms with van der Waals surface area (Å²) < 4.78 is 5.72. The molecule has 1 aliphatic carbocycles. The highest BCUT2D eigenvalue weighted by Crippen LogP contribution is 2.23. The highest BCUT2D eigenvalue weighted by molar-refractivity contribution is 5.88. The number of likely N-dealkylation sites (tertiary alicyclic amines) is 1. The van der Waals surface area contributed by atoms with E-state index in [4.69, 9.17) is 4.74 Å². The number of hydrogen-bond donors (Lipinski definition) is 1. The van der Waals surface area contributed by atoms with Gasteiger partial charge in [0.15, 0.2) is 0 Å². The molecule has 0 unspecified atom stereocenters. The second-order valence-electron chi connectivity index (χ2n) is 7.64. The summed E-state index contributed by atoms with van der Waals surface area (Å²) in [6.07, 6.45) is 7.58. The summed E-state index contributed by atoms with van der Waals surface area (Å²) in [5.41, 5.74) is 0. The number of amides is 3. The van der Waals surface area contributed by atoms with Crippen molar-refractivity contribution in [1.29, 1.82) is 0 Å². The van der Waals surface area contributed by atoms with E-state index in [1.54, 1.807) is 4.90 Å². The van der Waals surface area contributed by atoms with Crippen LogP contribution in [0.1, 0.15) is 58.8 Å². The SMILES string of the molecule is C[C@@H]1CN(C(=O)[C@H]2CCCN2C(=O)NC2CCCCC2)C[C@H](C)O1. The molecule has 136 valence electrons. The third-order valence-corrected chi connectivity index (χ3v) is 5.46. The number of carbonyl (C=O) groups is 2. The number of urea groups is 1. The van der Waals surface area contributed by atoms with Gasteiger partial charge in [-0.15, -0.1) is 0 Å². The van der Waals surface area contributed by atoms with Crippen molar-refractivity contribution in [3.63, 3.8) is 0 Å². The zero-order chi connectivity index (χ0) is 17.1. The average Bonchev–Trinajstić information content (AvgIpc) is 3.04. The number of rotatable bonds is 2. The summed E-state index contributed by atoms with van der Waals surface area (Å²) >= 11 is 0. The molecule has 3 aliphatic rings. The molecule has 3 amide bonds. The molecule has 3 rings (SSSR count). The predicted molar refractivity (Wildman–Crippen MR) is 91.7 cm³/mol. The first kappa shape index (κ1) is 17.5. The van der Waals surface area contributed by atoms with E-state index in [9.17, 15) is 9.59 Å². The lowest BCUT2D eigenvalue weighted by Crippen LogP contribution is -2.56. The van der Waals surface area contributed by atoms with E-state index in [1.165, 1.54) is 19.3 Å². The summed E-state index contributed by atoms with van der Waals surface area (Å²) in [6.45, 7) is 5.93. The van der Waals surface area contributed by atoms with Gasteiger partial charge in [-0.25, -0.2) is 4.79 Å². The van der Waals surface area contributed by atoms with Crippen molar-refractivity contribution in [1.82, 2.24) is 15.1 Å². The van der Waals surface area contributed by atoms with Gasteiger partial charge in [0.25, 0.3) is 0 Å². The number of morpholine rings is 1. The monoisotopic (exact) mass is 337 g/mol. The Kier molecular flexibility index (Phi) is 5.64. The zero-order valence-corrected chi connectivity index (χ0v) is 15.0. The number of nitrogens with one attached hydrogen (secondary N) is 1. The van der Waals surface area contributed by atoms with Gasteiger partial charge < -0.3 is 19.9 Å². The number of ether oxygens (including phenoxy) is 1. The van der Waals surface area contributed by atoms with Crippen molar-refractivity contribution in [3.8, 4) is 0 Å². The standard InChI is InChI=1S/C18H31N3O3/c1-13-11-20(12-14(2)24-13)17(22)16-9-6-10-21(16)18(23)19-15-7-4-3-5-8-15/h13-16H,3-12H2,1-2H3,(H,19,23)/t13-,14+,16-/m1/s1. The third-order valence-electron chi connectivity index (χ3n) is 5.46. The van der Waals surface area contributed by atoms with Gasteiger partial charge in [-0.3, -0.25) is 4.79 Å². The summed E-state index contributed by atoms with van der Waals surface area (Å²) in [4.78, 5) is 29.3. The van der Waals surface area contributed by atoms with Crippen LogP contribution in [-0.4, -0.2) is 65.7 Å². The van der Waals surface area contributed by atoms with Crippen LogP contribution in [0.25, 0.3) is 0 Å². The van der Waals surface area contributed by atoms with E-state index in [0.29, 0.717) is 19.6 Å². The molecule has 0 bridgehead atoms. The Morgan fingerprint density at radius 1 is 0.958 bits per heavy atom. The fraction of sp³-hybridized carbons (Fsp3) is 0.889. The number of nitrogens with zero attached hydrogens (tertiary/aromatic N) is 2. The maximum atomic E-state index is 12.9. The second kappa shape index (κ2) is 7.72. The van der Waals surface area contributed by atoms with Crippen LogP contribution in [-0.2, 0) is 9.53 Å². The van der Waals surface area contributed by atoms with E-state index < -0.39 is 0 Å². The van der Waals surface area contributed by atoms with Gasteiger partial charge >= 0.3 is 6.03 Å². The fourth-order valence-electron chi connectivity index (χ4n) is 4.34. The van der Waals surface area contributed by atoms with Gasteiger partial charge in [0.1, 0.15) is 6.04 Å². The molecule has 1 saturated carbocycles. The van der Waals surface area contributed by atoms with E-state index in [-0.39, 0.29) is 36.2 Å². The number of hydrogen-bond acceptors (Lipinski definition) is 3. The van der Waals surface area contributed by atoms with Gasteiger partial charge in [-0.2, -0.15) is 0 Å². The molecule has 0 radical (unpaired) electrons. The quantitative estimate of drug-likeness (QED) is 0.840. The Hall–Kier alpha value is -1.30. The Balaban J connectivity index is 1.59. The smallest absolute Gasteiger partial charge is 0.318 e. The van der Waals surface area contributed by atoms with E-state index in [2.05, 4.69) is 5.32 Å². The molecular weight excluding hydrogens is 306 g/mol. The van der Waals surface area contributed by atoms with Crippen molar-refractivity contribution >= 4 is 11.9 Å². The van der Waals surface area contributed by atoms with Crippen LogP contribution in [0.2, 0.25) is 0 Å². The van der Waals surface area contributed by atoms with E-state index in [1.807, 2.05) is 18.7 Å². The topological polar surface area (TPSA) is 61.9 Å². The van der Waals surface area contributed by atoms with Crippen molar-refractivity contribution in [2.24, 2.45) is 0 Å². The summed E-state index contributed by atoms with van der Waals surface area (Å²) in [5, 5.41) is 3.16. The van der Waals surface area contributed by atoms with Crippen molar-refractivity contribution in [2.45, 2.75) is 83.1 Å². The Morgan fingerprint density at radius 3 is 2.29 bits per heavy atom. The largest absolute Gasteiger partial charge is 0.372 e. The highest BCUT2D eigenvalue weighted by atomic mass is 16.5. The molecule has 6 nitrogen and oxygen atoms in total. The molecule has 2 aliphatic heterocycles. The van der Waals surface area contributed by atoms with Gasteiger partial charge in [-0.1, -0.05) is 19.3 Å². The molecule has 2 heterocycles. The molecule has 24 heavy (non-hydrogen) atoms. The fourth-order valence-corrected chi connectivity index (χ4v) is 4.34. The summed E-state index contributed by atoms with van der Waals surface area (Å²) in [6, 6.07) is -0.0655. The molecule has 1 N–H and O–H groups in total. The molecule has 0 spiro atoms. The van der Waals surface area contributed by atoms with Crippen LogP contribution >= 0.6 is 0 Å². The van der Waals surface area contributed by atoms with E-state index in [0.717, 1.165) is 25.7 Å². The van der Waals surface area contributed by atoms with Crippen LogP contribution in [0.5, 0.6) is 0 Å². The van der Waals surface area contributed by atoms with Crippen molar-refractivity contribution in [3.05, 3.63) is 0 Å². The summed E-state index contributed by atoms with van der Waals surface area (Å²) in [5.74, 6) is 0.0910. The van der Waals surface area contributed by atoms with Crippen LogP contribution in [0.3, 0.4) is 0 Å². The van der Waals surface area contributed by atoms with E-state index >= 15 is 0 Å². The first-order chi connectivity index (χ1) is 11.5. The predicted octanol–water partition coefficient (Wildman–Crippen LogP) is 2.13. The van der Waals surface area contributed by atoms with Crippen LogP contribution in [0.4, 0.5) is 4.79 Å². The lowest BCUT2D eigenvalue weighted by atomic mass is 9.96. The molecular formula is C18H31N3O3. The minimum absolute atomic E-state index is 0.0490. The highest BCUT2D eigenvalue weighted by Gasteiger charge is 2.39. The Labute approximate surface area is 144 Å². The van der Waals surface area contributed by atoms with Gasteiger partial charge in [0.05, 0.1) is 12.2 Å². The minimum Gasteiger partial charge on any atom is -0.372 e. The van der Waals surface area contributed by atoms with Crippen LogP contribution in [0.15, 0.2) is 0 Å². The molecule has 6 heteroatoms. The van der Waals surface area contributed by atoms with Crippen LogP contribution in [0, 0.1) is 0 Å². The molecule has 3 fully saturated rings. The molecule has 0 aromatic rings. The molecule has 3 atom stereocenters.